The van der Waals surface area contributed by atoms with E-state index in [1.54, 1.807) is 6.92 Å². The molecular weight excluding hydrogens is 304 g/mol. The van der Waals surface area contributed by atoms with Gasteiger partial charge < -0.3 is 10.0 Å². The Kier molecular flexibility index (Phi) is 4.22. The van der Waals surface area contributed by atoms with E-state index in [2.05, 4.69) is 0 Å². The molecule has 1 saturated heterocycles. The number of hydrogen-bond donors (Lipinski definition) is 1. The summed E-state index contributed by atoms with van der Waals surface area (Å²) in [6.07, 6.45) is -1.03. The molecule has 0 aliphatic carbocycles. The minimum atomic E-state index is -3.61. The van der Waals surface area contributed by atoms with Gasteiger partial charge in [-0.2, -0.15) is 4.31 Å². The lowest BCUT2D eigenvalue weighted by atomic mass is 10.2. The molecule has 1 N–H and O–H groups in total. The van der Waals surface area contributed by atoms with Crippen molar-refractivity contribution in [3.63, 3.8) is 0 Å². The Hall–Kier alpha value is -1.31. The Morgan fingerprint density at radius 2 is 1.90 bits per heavy atom. The summed E-state index contributed by atoms with van der Waals surface area (Å²) in [6.45, 7) is 2.17. The Bertz CT molecular complexity index is 602. The SMILES string of the molecule is C[C@H]1CN(S(=O)(=O)c2ccc(Cl)cc2)CCN1C(=O)O. The van der Waals surface area contributed by atoms with Gasteiger partial charge in [-0.3, -0.25) is 0 Å². The van der Waals surface area contributed by atoms with Crippen LogP contribution < -0.4 is 0 Å². The average Bonchev–Trinajstić information content (AvgIpc) is 2.38. The molecule has 1 aromatic carbocycles. The molecule has 8 heteroatoms. The first kappa shape index (κ1) is 15.1. The van der Waals surface area contributed by atoms with Crippen molar-refractivity contribution in [1.29, 1.82) is 0 Å². The molecule has 0 unspecified atom stereocenters. The van der Waals surface area contributed by atoms with Crippen molar-refractivity contribution in [2.45, 2.75) is 17.9 Å². The van der Waals surface area contributed by atoms with E-state index >= 15 is 0 Å². The predicted molar refractivity (Wildman–Crippen MR) is 74.4 cm³/mol. The first-order valence-electron chi connectivity index (χ1n) is 6.07. The van der Waals surface area contributed by atoms with E-state index in [9.17, 15) is 13.2 Å². The van der Waals surface area contributed by atoms with Crippen LogP contribution in [0, 0.1) is 0 Å². The van der Waals surface area contributed by atoms with Crippen LogP contribution in [0.4, 0.5) is 4.79 Å². The molecule has 2 rings (SSSR count). The van der Waals surface area contributed by atoms with Gasteiger partial charge in [0.15, 0.2) is 0 Å². The van der Waals surface area contributed by atoms with Gasteiger partial charge in [-0.05, 0) is 31.2 Å². The number of piperazine rings is 1. The highest BCUT2D eigenvalue weighted by Gasteiger charge is 2.34. The number of nitrogens with zero attached hydrogens (tertiary/aromatic N) is 2. The van der Waals surface area contributed by atoms with Gasteiger partial charge in [0.2, 0.25) is 10.0 Å². The third-order valence-corrected chi connectivity index (χ3v) is 5.42. The molecular formula is C12H15ClN2O4S. The quantitative estimate of drug-likeness (QED) is 0.900. The fourth-order valence-corrected chi connectivity index (χ4v) is 3.82. The summed E-state index contributed by atoms with van der Waals surface area (Å²) in [4.78, 5) is 12.4. The molecule has 1 atom stereocenters. The van der Waals surface area contributed by atoms with Crippen molar-refractivity contribution in [2.24, 2.45) is 0 Å². The number of halogens is 1. The van der Waals surface area contributed by atoms with E-state index in [1.165, 1.54) is 33.5 Å². The van der Waals surface area contributed by atoms with Crippen LogP contribution in [0.2, 0.25) is 5.02 Å². The number of benzene rings is 1. The summed E-state index contributed by atoms with van der Waals surface area (Å²) < 4.78 is 26.2. The van der Waals surface area contributed by atoms with Crippen molar-refractivity contribution in [2.75, 3.05) is 19.6 Å². The van der Waals surface area contributed by atoms with E-state index in [4.69, 9.17) is 16.7 Å². The van der Waals surface area contributed by atoms with Crippen LogP contribution in [0.25, 0.3) is 0 Å². The predicted octanol–water partition coefficient (Wildman–Crippen LogP) is 1.71. The van der Waals surface area contributed by atoms with Gasteiger partial charge in [0.05, 0.1) is 4.90 Å². The largest absolute Gasteiger partial charge is 0.465 e. The van der Waals surface area contributed by atoms with Crippen LogP contribution in [0.15, 0.2) is 29.2 Å². The van der Waals surface area contributed by atoms with Gasteiger partial charge in [-0.25, -0.2) is 13.2 Å². The Labute approximate surface area is 122 Å². The lowest BCUT2D eigenvalue weighted by Crippen LogP contribution is -2.54. The maximum atomic E-state index is 12.4. The van der Waals surface area contributed by atoms with Gasteiger partial charge in [0, 0.05) is 30.7 Å². The van der Waals surface area contributed by atoms with Crippen LogP contribution in [-0.2, 0) is 10.0 Å². The summed E-state index contributed by atoms with van der Waals surface area (Å²) in [5, 5.41) is 9.45. The first-order valence-corrected chi connectivity index (χ1v) is 7.89. The summed E-state index contributed by atoms with van der Waals surface area (Å²) in [7, 11) is -3.61. The second-order valence-corrected chi connectivity index (χ2v) is 7.02. The molecule has 0 saturated carbocycles. The minimum Gasteiger partial charge on any atom is -0.465 e. The summed E-state index contributed by atoms with van der Waals surface area (Å²) in [5.74, 6) is 0. The summed E-state index contributed by atoms with van der Waals surface area (Å²) in [6, 6.07) is 5.57. The van der Waals surface area contributed by atoms with Crippen molar-refractivity contribution < 1.29 is 18.3 Å². The van der Waals surface area contributed by atoms with Crippen molar-refractivity contribution in [1.82, 2.24) is 9.21 Å². The fourth-order valence-electron chi connectivity index (χ4n) is 2.18. The topological polar surface area (TPSA) is 77.9 Å². The third-order valence-electron chi connectivity index (χ3n) is 3.29. The normalized spacial score (nSPS) is 20.9. The molecule has 0 aromatic heterocycles. The zero-order valence-electron chi connectivity index (χ0n) is 10.9. The number of carboxylic acid groups (broad SMARTS) is 1. The van der Waals surface area contributed by atoms with Gasteiger partial charge in [0.25, 0.3) is 0 Å². The van der Waals surface area contributed by atoms with Gasteiger partial charge in [-0.15, -0.1) is 0 Å². The Morgan fingerprint density at radius 3 is 2.40 bits per heavy atom. The number of rotatable bonds is 2. The monoisotopic (exact) mass is 318 g/mol. The Morgan fingerprint density at radius 1 is 1.30 bits per heavy atom. The maximum Gasteiger partial charge on any atom is 0.407 e. The molecule has 1 aliphatic heterocycles. The van der Waals surface area contributed by atoms with Crippen LogP contribution in [-0.4, -0.2) is 54.5 Å². The zero-order valence-corrected chi connectivity index (χ0v) is 12.4. The van der Waals surface area contributed by atoms with Crippen LogP contribution >= 0.6 is 11.6 Å². The van der Waals surface area contributed by atoms with E-state index in [-0.39, 0.29) is 30.6 Å². The fraction of sp³-hybridized carbons (Fsp3) is 0.417. The molecule has 1 amide bonds. The zero-order chi connectivity index (χ0) is 14.9. The van der Waals surface area contributed by atoms with Crippen molar-refractivity contribution in [3.8, 4) is 0 Å². The average molecular weight is 319 g/mol. The van der Waals surface area contributed by atoms with Gasteiger partial charge in [0.1, 0.15) is 0 Å². The first-order chi connectivity index (χ1) is 9.32. The second-order valence-electron chi connectivity index (χ2n) is 4.64. The van der Waals surface area contributed by atoms with E-state index in [1.807, 2.05) is 0 Å². The summed E-state index contributed by atoms with van der Waals surface area (Å²) >= 11 is 5.74. The summed E-state index contributed by atoms with van der Waals surface area (Å²) in [5.41, 5.74) is 0. The van der Waals surface area contributed by atoms with Gasteiger partial charge in [-0.1, -0.05) is 11.6 Å². The molecule has 0 bridgehead atoms. The number of amides is 1. The molecule has 0 spiro atoms. The van der Waals surface area contributed by atoms with Crippen LogP contribution in [0.3, 0.4) is 0 Å². The molecule has 1 aliphatic rings. The number of carbonyl (C=O) groups is 1. The molecule has 1 fully saturated rings. The smallest absolute Gasteiger partial charge is 0.407 e. The second kappa shape index (κ2) is 5.59. The van der Waals surface area contributed by atoms with E-state index in [0.717, 1.165) is 0 Å². The lowest BCUT2D eigenvalue weighted by molar-refractivity contribution is 0.0992. The number of sulfonamides is 1. The molecule has 6 nitrogen and oxygen atoms in total. The Balaban J connectivity index is 2.20. The molecule has 110 valence electrons. The van der Waals surface area contributed by atoms with Crippen molar-refractivity contribution >= 4 is 27.7 Å². The van der Waals surface area contributed by atoms with E-state index < -0.39 is 16.1 Å². The highest BCUT2D eigenvalue weighted by molar-refractivity contribution is 7.89. The molecule has 0 radical (unpaired) electrons. The standard InChI is InChI=1S/C12H15ClN2O4S/c1-9-8-14(6-7-15(9)12(16)17)20(18,19)11-4-2-10(13)3-5-11/h2-5,9H,6-8H2,1H3,(H,16,17)/t9-/m0/s1. The molecule has 20 heavy (non-hydrogen) atoms. The third kappa shape index (κ3) is 2.89. The number of hydrogen-bond acceptors (Lipinski definition) is 3. The highest BCUT2D eigenvalue weighted by Crippen LogP contribution is 2.21. The van der Waals surface area contributed by atoms with Crippen molar-refractivity contribution in [3.05, 3.63) is 29.3 Å². The lowest BCUT2D eigenvalue weighted by Gasteiger charge is -2.37. The minimum absolute atomic E-state index is 0.150. The van der Waals surface area contributed by atoms with Crippen LogP contribution in [0.1, 0.15) is 6.92 Å². The molecule has 1 heterocycles. The molecule has 1 aromatic rings. The highest BCUT2D eigenvalue weighted by atomic mass is 35.5. The van der Waals surface area contributed by atoms with Gasteiger partial charge >= 0.3 is 6.09 Å². The van der Waals surface area contributed by atoms with Crippen LogP contribution in [0.5, 0.6) is 0 Å². The van der Waals surface area contributed by atoms with E-state index in [0.29, 0.717) is 5.02 Å². The maximum absolute atomic E-state index is 12.4.